The molecule has 0 fully saturated rings. The highest BCUT2D eigenvalue weighted by atomic mass is 19.4. The summed E-state index contributed by atoms with van der Waals surface area (Å²) in [7, 11) is 0. The fourth-order valence-electron chi connectivity index (χ4n) is 3.55. The second-order valence-corrected chi connectivity index (χ2v) is 9.17. The number of carbonyl (C=O) groups is 2. The summed E-state index contributed by atoms with van der Waals surface area (Å²) in [6.07, 6.45) is -5.27. The average Bonchev–Trinajstić information content (AvgIpc) is 2.86. The van der Waals surface area contributed by atoms with Crippen LogP contribution in [0, 0.1) is 6.92 Å². The standard InChI is InChI=1S/C29H30F3NO5/c1-6-36-27(35)28(4,5)38-25-15-14-24(16-18(25)2)37-19(3)26(34)33-23-12-10-20(11-13-23)21-8-7-9-22(17-21)29(30,31)32/h7-17,19H,6H2,1-5H3,(H,33,34). The molecule has 1 atom stereocenters. The van der Waals surface area contributed by atoms with E-state index in [2.05, 4.69) is 5.32 Å². The van der Waals surface area contributed by atoms with Crippen molar-refractivity contribution >= 4 is 17.6 Å². The summed E-state index contributed by atoms with van der Waals surface area (Å²) in [5.41, 5.74) is 0.286. The van der Waals surface area contributed by atoms with E-state index >= 15 is 0 Å². The predicted molar refractivity (Wildman–Crippen MR) is 138 cm³/mol. The van der Waals surface area contributed by atoms with Crippen molar-refractivity contribution in [2.45, 2.75) is 52.5 Å². The topological polar surface area (TPSA) is 73.9 Å². The van der Waals surface area contributed by atoms with Crippen LogP contribution in [0.5, 0.6) is 11.5 Å². The molecule has 3 aromatic carbocycles. The van der Waals surface area contributed by atoms with Crippen LogP contribution in [0.15, 0.2) is 66.7 Å². The van der Waals surface area contributed by atoms with Crippen molar-refractivity contribution in [3.8, 4) is 22.6 Å². The molecule has 0 heterocycles. The zero-order valence-electron chi connectivity index (χ0n) is 21.8. The van der Waals surface area contributed by atoms with Gasteiger partial charge in [0.1, 0.15) is 11.5 Å². The zero-order chi connectivity index (χ0) is 28.1. The lowest BCUT2D eigenvalue weighted by atomic mass is 10.0. The maximum absolute atomic E-state index is 13.0. The molecule has 3 rings (SSSR count). The number of alkyl halides is 3. The van der Waals surface area contributed by atoms with Crippen molar-refractivity contribution in [3.63, 3.8) is 0 Å². The third kappa shape index (κ3) is 7.27. The number of esters is 1. The van der Waals surface area contributed by atoms with E-state index in [1.54, 1.807) is 83.1 Å². The van der Waals surface area contributed by atoms with Crippen molar-refractivity contribution in [1.29, 1.82) is 0 Å². The summed E-state index contributed by atoms with van der Waals surface area (Å²) in [4.78, 5) is 24.8. The van der Waals surface area contributed by atoms with Crippen LogP contribution in [0.2, 0.25) is 0 Å². The molecule has 0 spiro atoms. The molecule has 0 aliphatic rings. The molecule has 0 saturated heterocycles. The lowest BCUT2D eigenvalue weighted by Gasteiger charge is -2.25. The van der Waals surface area contributed by atoms with Gasteiger partial charge in [-0.15, -0.1) is 0 Å². The molecule has 0 bridgehead atoms. The van der Waals surface area contributed by atoms with Gasteiger partial charge in [0.25, 0.3) is 5.91 Å². The Kier molecular flexibility index (Phi) is 8.70. The first-order valence-corrected chi connectivity index (χ1v) is 12.0. The minimum absolute atomic E-state index is 0.247. The van der Waals surface area contributed by atoms with E-state index in [4.69, 9.17) is 14.2 Å². The van der Waals surface area contributed by atoms with Crippen LogP contribution >= 0.6 is 0 Å². The number of rotatable bonds is 9. The van der Waals surface area contributed by atoms with Gasteiger partial charge in [-0.3, -0.25) is 4.79 Å². The normalized spacial score (nSPS) is 12.4. The summed E-state index contributed by atoms with van der Waals surface area (Å²) >= 11 is 0. The third-order valence-corrected chi connectivity index (χ3v) is 5.64. The minimum Gasteiger partial charge on any atom is -0.481 e. The quantitative estimate of drug-likeness (QED) is 0.309. The van der Waals surface area contributed by atoms with Crippen LogP contribution in [0.3, 0.4) is 0 Å². The lowest BCUT2D eigenvalue weighted by molar-refractivity contribution is -0.158. The van der Waals surface area contributed by atoms with Crippen molar-refractivity contribution in [3.05, 3.63) is 77.9 Å². The van der Waals surface area contributed by atoms with Gasteiger partial charge in [0.05, 0.1) is 12.2 Å². The summed E-state index contributed by atoms with van der Waals surface area (Å²) in [6.45, 7) is 8.59. The highest BCUT2D eigenvalue weighted by molar-refractivity contribution is 5.94. The maximum Gasteiger partial charge on any atom is 0.416 e. The highest BCUT2D eigenvalue weighted by Gasteiger charge is 2.32. The molecule has 3 aromatic rings. The summed E-state index contributed by atoms with van der Waals surface area (Å²) < 4.78 is 55.7. The van der Waals surface area contributed by atoms with E-state index in [0.717, 1.165) is 12.1 Å². The number of ether oxygens (including phenoxy) is 3. The minimum atomic E-state index is -4.43. The van der Waals surface area contributed by atoms with Gasteiger partial charge < -0.3 is 19.5 Å². The van der Waals surface area contributed by atoms with E-state index in [9.17, 15) is 22.8 Å². The molecular formula is C29H30F3NO5. The maximum atomic E-state index is 13.0. The Morgan fingerprint density at radius 2 is 1.63 bits per heavy atom. The van der Waals surface area contributed by atoms with E-state index < -0.39 is 35.3 Å². The van der Waals surface area contributed by atoms with Gasteiger partial charge in [-0.25, -0.2) is 4.79 Å². The molecule has 38 heavy (non-hydrogen) atoms. The Hall–Kier alpha value is -4.01. The zero-order valence-corrected chi connectivity index (χ0v) is 21.8. The smallest absolute Gasteiger partial charge is 0.416 e. The van der Waals surface area contributed by atoms with Crippen molar-refractivity contribution in [2.24, 2.45) is 0 Å². The number of nitrogens with one attached hydrogen (secondary N) is 1. The van der Waals surface area contributed by atoms with Gasteiger partial charge in [-0.1, -0.05) is 24.3 Å². The first-order valence-electron chi connectivity index (χ1n) is 12.0. The molecule has 1 N–H and O–H groups in total. The van der Waals surface area contributed by atoms with Crippen molar-refractivity contribution < 1.29 is 37.0 Å². The highest BCUT2D eigenvalue weighted by Crippen LogP contribution is 2.32. The molecule has 202 valence electrons. The fraction of sp³-hybridized carbons (Fsp3) is 0.310. The average molecular weight is 530 g/mol. The van der Waals surface area contributed by atoms with Gasteiger partial charge >= 0.3 is 12.1 Å². The molecule has 0 aliphatic heterocycles. The number of carbonyl (C=O) groups excluding carboxylic acids is 2. The molecule has 0 saturated carbocycles. The van der Waals surface area contributed by atoms with Crippen LogP contribution < -0.4 is 14.8 Å². The van der Waals surface area contributed by atoms with Crippen LogP contribution in [0.1, 0.15) is 38.8 Å². The van der Waals surface area contributed by atoms with E-state index in [0.29, 0.717) is 33.9 Å². The van der Waals surface area contributed by atoms with Crippen LogP contribution in [-0.4, -0.2) is 30.2 Å². The molecule has 0 aliphatic carbocycles. The van der Waals surface area contributed by atoms with Crippen molar-refractivity contribution in [1.82, 2.24) is 0 Å². The number of hydrogen-bond donors (Lipinski definition) is 1. The SMILES string of the molecule is CCOC(=O)C(C)(C)Oc1ccc(OC(C)C(=O)Nc2ccc(-c3cccc(C(F)(F)F)c3)cc2)cc1C. The van der Waals surface area contributed by atoms with Crippen LogP contribution in [0.4, 0.5) is 18.9 Å². The molecule has 1 amide bonds. The van der Waals surface area contributed by atoms with Crippen molar-refractivity contribution in [2.75, 3.05) is 11.9 Å². The first-order chi connectivity index (χ1) is 17.8. The monoisotopic (exact) mass is 529 g/mol. The van der Waals surface area contributed by atoms with E-state index in [1.807, 2.05) is 0 Å². The Morgan fingerprint density at radius 3 is 2.24 bits per heavy atom. The number of anilines is 1. The Morgan fingerprint density at radius 1 is 0.947 bits per heavy atom. The Balaban J connectivity index is 1.62. The van der Waals surface area contributed by atoms with Gasteiger partial charge in [-0.2, -0.15) is 13.2 Å². The number of hydrogen-bond acceptors (Lipinski definition) is 5. The second-order valence-electron chi connectivity index (χ2n) is 9.17. The first kappa shape index (κ1) is 28.6. The summed E-state index contributed by atoms with van der Waals surface area (Å²) in [5, 5.41) is 2.74. The predicted octanol–water partition coefficient (Wildman–Crippen LogP) is 6.81. The van der Waals surface area contributed by atoms with Gasteiger partial charge in [0, 0.05) is 5.69 Å². The van der Waals surface area contributed by atoms with E-state index in [-0.39, 0.29) is 6.61 Å². The molecular weight excluding hydrogens is 499 g/mol. The van der Waals surface area contributed by atoms with Gasteiger partial charge in [-0.05, 0) is 93.8 Å². The van der Waals surface area contributed by atoms with Crippen LogP contribution in [-0.2, 0) is 20.5 Å². The number of benzene rings is 3. The molecule has 0 aromatic heterocycles. The fourth-order valence-corrected chi connectivity index (χ4v) is 3.55. The Bertz CT molecular complexity index is 1290. The molecule has 6 nitrogen and oxygen atoms in total. The van der Waals surface area contributed by atoms with E-state index in [1.165, 1.54) is 6.07 Å². The summed E-state index contributed by atoms with van der Waals surface area (Å²) in [5.74, 6) is 0.0332. The molecule has 9 heteroatoms. The lowest BCUT2D eigenvalue weighted by Crippen LogP contribution is -2.39. The summed E-state index contributed by atoms with van der Waals surface area (Å²) in [6, 6.07) is 16.5. The molecule has 1 unspecified atom stereocenters. The largest absolute Gasteiger partial charge is 0.481 e. The molecule has 0 radical (unpaired) electrons. The van der Waals surface area contributed by atoms with Gasteiger partial charge in [0.2, 0.25) is 0 Å². The number of aryl methyl sites for hydroxylation is 1. The number of halogens is 3. The number of amides is 1. The Labute approximate surface area is 219 Å². The third-order valence-electron chi connectivity index (χ3n) is 5.64. The second kappa shape index (κ2) is 11.6. The van der Waals surface area contributed by atoms with Crippen LogP contribution in [0.25, 0.3) is 11.1 Å². The van der Waals surface area contributed by atoms with Gasteiger partial charge in [0.15, 0.2) is 11.7 Å².